The van der Waals surface area contributed by atoms with E-state index in [2.05, 4.69) is 28.6 Å². The van der Waals surface area contributed by atoms with Gasteiger partial charge in [-0.25, -0.2) is 0 Å². The summed E-state index contributed by atoms with van der Waals surface area (Å²) in [4.78, 5) is 15.7. The zero-order chi connectivity index (χ0) is 21.6. The molecule has 1 fully saturated rings. The van der Waals surface area contributed by atoms with Crippen molar-refractivity contribution >= 4 is 22.6 Å². The molecule has 1 saturated heterocycles. The highest BCUT2D eigenvalue weighted by molar-refractivity contribution is 8.12. The Bertz CT molecular complexity index is 759. The van der Waals surface area contributed by atoms with Gasteiger partial charge in [0, 0.05) is 23.2 Å². The number of allylic oxidation sites excluding steroid dienone is 1. The lowest BCUT2D eigenvalue weighted by atomic mass is 10.1. The maximum atomic E-state index is 12.5. The number of hydrogen-bond acceptors (Lipinski definition) is 5. The highest BCUT2D eigenvalue weighted by Crippen LogP contribution is 2.34. The lowest BCUT2D eigenvalue weighted by molar-refractivity contribution is -0.274. The number of likely N-dealkylation sites (tertiary alicyclic amines) is 1. The summed E-state index contributed by atoms with van der Waals surface area (Å²) < 4.78 is 40.6. The third-order valence-electron chi connectivity index (χ3n) is 4.63. The predicted octanol–water partition coefficient (Wildman–Crippen LogP) is 4.08. The number of rotatable bonds is 8. The van der Waals surface area contributed by atoms with Gasteiger partial charge in [0.05, 0.1) is 4.91 Å². The molecular formula is C20H26F3N3O2S. The standard InChI is InChI=1S/C20H26F3N3O2S/c1-13(24)18(19(27)25-11-10-16-5-4-12-26(16)3)29-14(2)15-6-8-17(9-7-15)28-20(21,22)23/h6-9,16H,2,4-5,10-12,24H2,1,3H3,(H,25,27)/b18-13-. The molecule has 2 rings (SSSR count). The molecule has 0 aliphatic carbocycles. The van der Waals surface area contributed by atoms with Crippen LogP contribution in [-0.2, 0) is 4.79 Å². The second kappa shape index (κ2) is 10.1. The summed E-state index contributed by atoms with van der Waals surface area (Å²) in [6.07, 6.45) is -1.58. The Morgan fingerprint density at radius 1 is 1.38 bits per heavy atom. The van der Waals surface area contributed by atoms with Crippen molar-refractivity contribution in [3.05, 3.63) is 47.0 Å². The van der Waals surface area contributed by atoms with E-state index in [-0.39, 0.29) is 11.7 Å². The van der Waals surface area contributed by atoms with Crippen molar-refractivity contribution in [2.24, 2.45) is 5.73 Å². The fourth-order valence-electron chi connectivity index (χ4n) is 3.11. The van der Waals surface area contributed by atoms with Crippen molar-refractivity contribution in [3.8, 4) is 5.75 Å². The zero-order valence-corrected chi connectivity index (χ0v) is 17.3. The lowest BCUT2D eigenvalue weighted by Gasteiger charge is -2.19. The Hall–Kier alpha value is -2.13. The summed E-state index contributed by atoms with van der Waals surface area (Å²) in [5.74, 6) is -0.603. The van der Waals surface area contributed by atoms with Gasteiger partial charge in [-0.1, -0.05) is 30.5 Å². The summed E-state index contributed by atoms with van der Waals surface area (Å²) >= 11 is 1.09. The van der Waals surface area contributed by atoms with Crippen LogP contribution >= 0.6 is 11.8 Å². The quantitative estimate of drug-likeness (QED) is 0.610. The van der Waals surface area contributed by atoms with Crippen molar-refractivity contribution in [3.63, 3.8) is 0 Å². The Balaban J connectivity index is 1.92. The molecule has 3 N–H and O–H groups in total. The first-order valence-corrected chi connectivity index (χ1v) is 10.1. The Labute approximate surface area is 173 Å². The van der Waals surface area contributed by atoms with E-state index in [1.165, 1.54) is 30.7 Å². The van der Waals surface area contributed by atoms with E-state index in [1.54, 1.807) is 6.92 Å². The largest absolute Gasteiger partial charge is 0.573 e. The van der Waals surface area contributed by atoms with E-state index in [1.807, 2.05) is 0 Å². The number of amides is 1. The van der Waals surface area contributed by atoms with Crippen LogP contribution in [0.1, 0.15) is 31.7 Å². The topological polar surface area (TPSA) is 67.6 Å². The van der Waals surface area contributed by atoms with E-state index < -0.39 is 6.36 Å². The summed E-state index contributed by atoms with van der Waals surface area (Å²) in [5, 5.41) is 2.89. The number of carbonyl (C=O) groups excluding carboxylic acids is 1. The van der Waals surface area contributed by atoms with Gasteiger partial charge in [-0.15, -0.1) is 13.2 Å². The van der Waals surface area contributed by atoms with Gasteiger partial charge in [0.1, 0.15) is 5.75 Å². The number of ether oxygens (including phenoxy) is 1. The number of benzene rings is 1. The van der Waals surface area contributed by atoms with Crippen molar-refractivity contribution < 1.29 is 22.7 Å². The van der Waals surface area contributed by atoms with Crippen LogP contribution in [0.2, 0.25) is 0 Å². The van der Waals surface area contributed by atoms with Crippen molar-refractivity contribution in [1.82, 2.24) is 10.2 Å². The van der Waals surface area contributed by atoms with Crippen LogP contribution in [0.3, 0.4) is 0 Å². The number of nitrogens with zero attached hydrogens (tertiary/aromatic N) is 1. The molecule has 1 aliphatic rings. The first kappa shape index (κ1) is 23.2. The molecule has 29 heavy (non-hydrogen) atoms. The molecular weight excluding hydrogens is 403 g/mol. The molecule has 0 radical (unpaired) electrons. The van der Waals surface area contributed by atoms with Crippen LogP contribution in [-0.4, -0.2) is 43.3 Å². The van der Waals surface area contributed by atoms with Crippen LogP contribution in [0.15, 0.2) is 41.4 Å². The smallest absolute Gasteiger partial charge is 0.406 e. The van der Waals surface area contributed by atoms with Gasteiger partial charge in [0.25, 0.3) is 5.91 Å². The maximum absolute atomic E-state index is 12.5. The minimum Gasteiger partial charge on any atom is -0.406 e. The van der Waals surface area contributed by atoms with E-state index >= 15 is 0 Å². The monoisotopic (exact) mass is 429 g/mol. The number of alkyl halides is 3. The normalized spacial score (nSPS) is 18.3. The summed E-state index contributed by atoms with van der Waals surface area (Å²) in [6, 6.07) is 5.78. The van der Waals surface area contributed by atoms with Crippen molar-refractivity contribution in [1.29, 1.82) is 0 Å². The van der Waals surface area contributed by atoms with Gasteiger partial charge in [-0.05, 0) is 57.5 Å². The van der Waals surface area contributed by atoms with Gasteiger partial charge in [-0.3, -0.25) is 4.79 Å². The lowest BCUT2D eigenvalue weighted by Crippen LogP contribution is -2.32. The number of halogens is 3. The molecule has 1 aromatic rings. The number of nitrogens with one attached hydrogen (secondary N) is 1. The first-order valence-electron chi connectivity index (χ1n) is 9.24. The van der Waals surface area contributed by atoms with Gasteiger partial charge in [0.2, 0.25) is 0 Å². The van der Waals surface area contributed by atoms with Crippen LogP contribution < -0.4 is 15.8 Å². The molecule has 0 spiro atoms. The number of nitrogens with two attached hydrogens (primary N) is 1. The van der Waals surface area contributed by atoms with Crippen molar-refractivity contribution in [2.75, 3.05) is 20.1 Å². The van der Waals surface area contributed by atoms with Gasteiger partial charge < -0.3 is 20.7 Å². The third kappa shape index (κ3) is 7.32. The Morgan fingerprint density at radius 2 is 2.03 bits per heavy atom. The zero-order valence-electron chi connectivity index (χ0n) is 16.5. The van der Waals surface area contributed by atoms with Gasteiger partial charge >= 0.3 is 6.36 Å². The fourth-order valence-corrected chi connectivity index (χ4v) is 3.93. The van der Waals surface area contributed by atoms with E-state index in [4.69, 9.17) is 5.73 Å². The number of thioether (sulfide) groups is 1. The van der Waals surface area contributed by atoms with E-state index in [0.29, 0.717) is 33.7 Å². The Morgan fingerprint density at radius 3 is 2.55 bits per heavy atom. The summed E-state index contributed by atoms with van der Waals surface area (Å²) in [6.45, 7) is 7.16. The van der Waals surface area contributed by atoms with Crippen LogP contribution in [0.5, 0.6) is 5.75 Å². The molecule has 160 valence electrons. The van der Waals surface area contributed by atoms with Crippen LogP contribution in [0, 0.1) is 0 Å². The summed E-state index contributed by atoms with van der Waals surface area (Å²) in [5.41, 5.74) is 6.80. The molecule has 0 saturated carbocycles. The molecule has 1 amide bonds. The molecule has 9 heteroatoms. The molecule has 1 aliphatic heterocycles. The molecule has 0 bridgehead atoms. The number of hydrogen-bond donors (Lipinski definition) is 2. The van der Waals surface area contributed by atoms with E-state index in [0.717, 1.165) is 31.1 Å². The van der Waals surface area contributed by atoms with Crippen LogP contribution in [0.25, 0.3) is 4.91 Å². The van der Waals surface area contributed by atoms with Crippen molar-refractivity contribution in [2.45, 2.75) is 38.6 Å². The molecule has 1 aromatic carbocycles. The van der Waals surface area contributed by atoms with Gasteiger partial charge in [0.15, 0.2) is 0 Å². The molecule has 1 heterocycles. The average Bonchev–Trinajstić information content (AvgIpc) is 3.03. The first-order chi connectivity index (χ1) is 13.6. The molecule has 1 unspecified atom stereocenters. The average molecular weight is 430 g/mol. The molecule has 1 atom stereocenters. The SMILES string of the molecule is C=C(S/C(C(=O)NCCC1CCCN1C)=C(/C)N)c1ccc(OC(F)(F)F)cc1. The maximum Gasteiger partial charge on any atom is 0.573 e. The minimum atomic E-state index is -4.74. The fraction of sp³-hybridized carbons (Fsp3) is 0.450. The second-order valence-corrected chi connectivity index (χ2v) is 8.04. The molecule has 5 nitrogen and oxygen atoms in total. The highest BCUT2D eigenvalue weighted by Gasteiger charge is 2.31. The van der Waals surface area contributed by atoms with Gasteiger partial charge in [-0.2, -0.15) is 0 Å². The predicted molar refractivity (Wildman–Crippen MR) is 110 cm³/mol. The molecule has 0 aromatic heterocycles. The van der Waals surface area contributed by atoms with E-state index in [9.17, 15) is 18.0 Å². The summed E-state index contributed by atoms with van der Waals surface area (Å²) in [7, 11) is 2.08. The van der Waals surface area contributed by atoms with Crippen LogP contribution in [0.4, 0.5) is 13.2 Å². The number of carbonyl (C=O) groups is 1. The highest BCUT2D eigenvalue weighted by atomic mass is 32.2. The third-order valence-corrected chi connectivity index (χ3v) is 5.83. The second-order valence-electron chi connectivity index (χ2n) is 6.93. The minimum absolute atomic E-state index is 0.283. The Kier molecular flexibility index (Phi) is 8.04.